The molecule has 0 aromatic heterocycles. The minimum atomic E-state index is -1.27. The van der Waals surface area contributed by atoms with E-state index in [0.717, 1.165) is 16.5 Å². The lowest BCUT2D eigenvalue weighted by molar-refractivity contribution is -0.471. The summed E-state index contributed by atoms with van der Waals surface area (Å²) in [7, 11) is 4.36. The van der Waals surface area contributed by atoms with E-state index in [-0.39, 0.29) is 29.0 Å². The second-order valence-electron chi connectivity index (χ2n) is 6.18. The van der Waals surface area contributed by atoms with Gasteiger partial charge in [0.1, 0.15) is 18.2 Å². The molecule has 0 aliphatic rings. The third-order valence-corrected chi connectivity index (χ3v) is 4.06. The van der Waals surface area contributed by atoms with Crippen molar-refractivity contribution in [3.63, 3.8) is 0 Å². The van der Waals surface area contributed by atoms with Gasteiger partial charge >= 0.3 is 18.1 Å². The molecule has 0 aliphatic heterocycles. The monoisotopic (exact) mass is 423 g/mol. The quantitative estimate of drug-likeness (QED) is 0.399. The van der Waals surface area contributed by atoms with E-state index in [9.17, 15) is 14.0 Å². The van der Waals surface area contributed by atoms with Crippen LogP contribution in [0.5, 0.6) is 5.75 Å². The molecule has 0 saturated carbocycles. The number of nitrogens with one attached hydrogen (secondary N) is 2. The first-order valence-corrected chi connectivity index (χ1v) is 8.81. The zero-order valence-corrected chi connectivity index (χ0v) is 16.8. The number of rotatable bonds is 4. The van der Waals surface area contributed by atoms with Gasteiger partial charge in [0.2, 0.25) is 0 Å². The minimum absolute atomic E-state index is 0.0232. The Hall–Kier alpha value is -3.33. The van der Waals surface area contributed by atoms with Crippen molar-refractivity contribution in [2.75, 3.05) is 26.5 Å². The lowest BCUT2D eigenvalue weighted by Crippen LogP contribution is -2.49. The molecule has 10 heteroatoms. The van der Waals surface area contributed by atoms with Gasteiger partial charge in [-0.15, -0.1) is 0 Å². The molecule has 154 valence electrons. The Kier molecular flexibility index (Phi) is 7.38. The second kappa shape index (κ2) is 9.74. The van der Waals surface area contributed by atoms with E-state index in [4.69, 9.17) is 21.4 Å². The molecule has 29 heavy (non-hydrogen) atoms. The van der Waals surface area contributed by atoms with Crippen LogP contribution in [-0.2, 0) is 6.61 Å². The van der Waals surface area contributed by atoms with Crippen LogP contribution in [0.15, 0.2) is 42.5 Å². The van der Waals surface area contributed by atoms with Crippen molar-refractivity contribution in [2.24, 2.45) is 0 Å². The summed E-state index contributed by atoms with van der Waals surface area (Å²) in [5.74, 6) is -0.605. The van der Waals surface area contributed by atoms with E-state index in [1.165, 1.54) is 17.7 Å². The number of nitrogens with zero attached hydrogens (tertiary/aromatic N) is 2. The van der Waals surface area contributed by atoms with Crippen LogP contribution in [0.2, 0.25) is 5.02 Å². The van der Waals surface area contributed by atoms with Gasteiger partial charge in [-0.1, -0.05) is 41.9 Å². The van der Waals surface area contributed by atoms with E-state index < -0.39 is 17.9 Å². The third kappa shape index (κ3) is 6.08. The van der Waals surface area contributed by atoms with Crippen LogP contribution < -0.4 is 15.4 Å². The molecule has 0 fully saturated rings. The standard InChI is InChI=1S/C19H20ClFN4O4/c1-24(2)18(25(3)19(27)28)23-17(26)22-15-10-16(13(20)9-14(15)21)29-11-12-7-5-4-6-8-12/h4-10H,11H2,1-3H3,(H2,22,26,27,28)/p+1. The number of halogens is 2. The Morgan fingerprint density at radius 1 is 1.24 bits per heavy atom. The summed E-state index contributed by atoms with van der Waals surface area (Å²) in [4.78, 5) is 24.2. The van der Waals surface area contributed by atoms with Crippen LogP contribution in [-0.4, -0.2) is 53.8 Å². The maximum Gasteiger partial charge on any atom is 0.476 e. The van der Waals surface area contributed by atoms with Gasteiger partial charge in [-0.3, -0.25) is 9.89 Å². The number of carbonyl (C=O) groups excluding carboxylic acids is 1. The molecule has 0 bridgehead atoms. The number of carbonyl (C=O) groups is 2. The molecule has 2 aromatic rings. The highest BCUT2D eigenvalue weighted by molar-refractivity contribution is 6.32. The zero-order valence-electron chi connectivity index (χ0n) is 16.1. The fraction of sp³-hybridized carbons (Fsp3) is 0.211. The van der Waals surface area contributed by atoms with Crippen LogP contribution in [0.3, 0.4) is 0 Å². The largest absolute Gasteiger partial charge is 0.487 e. The number of carboxylic acid groups (broad SMARTS) is 1. The number of anilines is 1. The molecule has 0 aliphatic carbocycles. The Morgan fingerprint density at radius 3 is 2.48 bits per heavy atom. The lowest BCUT2D eigenvalue weighted by atomic mass is 10.2. The van der Waals surface area contributed by atoms with E-state index in [1.807, 2.05) is 30.3 Å². The van der Waals surface area contributed by atoms with Crippen molar-refractivity contribution in [1.82, 2.24) is 10.2 Å². The van der Waals surface area contributed by atoms with Crippen molar-refractivity contribution in [2.45, 2.75) is 6.61 Å². The first-order chi connectivity index (χ1) is 13.7. The van der Waals surface area contributed by atoms with Crippen molar-refractivity contribution in [1.29, 1.82) is 0 Å². The summed E-state index contributed by atoms with van der Waals surface area (Å²) in [5, 5.41) is 13.8. The van der Waals surface area contributed by atoms with E-state index >= 15 is 0 Å². The summed E-state index contributed by atoms with van der Waals surface area (Å²) < 4.78 is 21.2. The molecule has 0 spiro atoms. The molecule has 0 atom stereocenters. The van der Waals surface area contributed by atoms with Gasteiger partial charge in [0.05, 0.1) is 31.9 Å². The van der Waals surface area contributed by atoms with Gasteiger partial charge in [-0.25, -0.2) is 14.0 Å². The summed E-state index contributed by atoms with van der Waals surface area (Å²) >= 11 is 6.03. The topological polar surface area (TPSA) is 93.9 Å². The zero-order chi connectivity index (χ0) is 21.6. The minimum Gasteiger partial charge on any atom is -0.487 e. The first kappa shape index (κ1) is 22.0. The molecule has 0 saturated heterocycles. The number of ether oxygens (including phenoxy) is 1. The highest BCUT2D eigenvalue weighted by atomic mass is 35.5. The smallest absolute Gasteiger partial charge is 0.476 e. The van der Waals surface area contributed by atoms with Crippen molar-refractivity contribution in [3.05, 3.63) is 58.9 Å². The van der Waals surface area contributed by atoms with Crippen LogP contribution in [0.4, 0.5) is 19.7 Å². The molecular weight excluding hydrogens is 403 g/mol. The summed E-state index contributed by atoms with van der Waals surface area (Å²) in [6, 6.07) is 10.8. The number of urea groups is 1. The molecular formula is C19H21ClFN4O4+. The number of hydrogen-bond donors (Lipinski definition) is 3. The normalized spacial score (nSPS) is 10.1. The summed E-state index contributed by atoms with van der Waals surface area (Å²) in [5.41, 5.74) is 0.716. The Balaban J connectivity index is 2.14. The molecule has 8 nitrogen and oxygen atoms in total. The van der Waals surface area contributed by atoms with Gasteiger partial charge in [-0.2, -0.15) is 10.2 Å². The average Bonchev–Trinajstić information content (AvgIpc) is 2.67. The number of hydrogen-bond acceptors (Lipinski definition) is 3. The van der Waals surface area contributed by atoms with Crippen molar-refractivity contribution >= 4 is 35.4 Å². The second-order valence-corrected chi connectivity index (χ2v) is 6.58. The molecule has 2 rings (SSSR count). The highest BCUT2D eigenvalue weighted by Crippen LogP contribution is 2.31. The summed E-state index contributed by atoms with van der Waals surface area (Å²) in [6.07, 6.45) is -1.27. The van der Waals surface area contributed by atoms with Gasteiger partial charge in [0, 0.05) is 6.07 Å². The lowest BCUT2D eigenvalue weighted by Gasteiger charge is -2.14. The summed E-state index contributed by atoms with van der Waals surface area (Å²) in [6.45, 7) is 0.208. The van der Waals surface area contributed by atoms with Crippen LogP contribution in [0.1, 0.15) is 5.56 Å². The fourth-order valence-corrected chi connectivity index (χ4v) is 2.52. The molecule has 3 amide bonds. The number of amides is 3. The van der Waals surface area contributed by atoms with Gasteiger partial charge in [0.25, 0.3) is 0 Å². The third-order valence-electron chi connectivity index (χ3n) is 3.76. The molecule has 2 aromatic carbocycles. The maximum atomic E-state index is 14.2. The maximum absolute atomic E-state index is 14.2. The van der Waals surface area contributed by atoms with E-state index in [1.54, 1.807) is 14.1 Å². The predicted molar refractivity (Wildman–Crippen MR) is 107 cm³/mol. The van der Waals surface area contributed by atoms with Gasteiger partial charge < -0.3 is 9.84 Å². The fourth-order valence-electron chi connectivity index (χ4n) is 2.31. The van der Waals surface area contributed by atoms with Crippen LogP contribution in [0.25, 0.3) is 0 Å². The number of guanidine groups is 1. The van der Waals surface area contributed by atoms with Gasteiger partial charge in [0.15, 0.2) is 0 Å². The van der Waals surface area contributed by atoms with Gasteiger partial charge in [-0.05, 0) is 11.6 Å². The van der Waals surface area contributed by atoms with E-state index in [0.29, 0.717) is 0 Å². The highest BCUT2D eigenvalue weighted by Gasteiger charge is 2.26. The Morgan fingerprint density at radius 2 is 1.90 bits per heavy atom. The first-order valence-electron chi connectivity index (χ1n) is 8.43. The van der Waals surface area contributed by atoms with Crippen LogP contribution >= 0.6 is 11.6 Å². The van der Waals surface area contributed by atoms with Crippen LogP contribution in [0, 0.1) is 5.82 Å². The SMILES string of the molecule is CN(C(=O)O)C(NC(=O)Nc1cc(OCc2ccccc2)c(Cl)cc1F)=[N+](C)C. The molecule has 0 radical (unpaired) electrons. The Labute approximate surface area is 172 Å². The number of benzene rings is 2. The Bertz CT molecular complexity index is 933. The molecule has 3 N–H and O–H groups in total. The van der Waals surface area contributed by atoms with Crippen molar-refractivity contribution < 1.29 is 28.4 Å². The molecule has 0 unspecified atom stereocenters. The van der Waals surface area contributed by atoms with E-state index in [2.05, 4.69) is 10.6 Å². The predicted octanol–water partition coefficient (Wildman–Crippen LogP) is 3.42. The van der Waals surface area contributed by atoms with Crippen molar-refractivity contribution in [3.8, 4) is 5.75 Å². The average molecular weight is 424 g/mol. The molecule has 0 heterocycles.